The Labute approximate surface area is 145 Å². The summed E-state index contributed by atoms with van der Waals surface area (Å²) in [5.41, 5.74) is 9.77. The molecule has 1 aliphatic heterocycles. The molecule has 2 aromatic rings. The standard InChI is InChI=1S/C17H23N3.2ClH/c1-13-9-14(15-5-3-4-6-16(15)19-13)10-20-8-7-17(2,11-18)12-20;;/h3-6,9H,7-8,10-12,18H2,1-2H3;2*1H. The Morgan fingerprint density at radius 3 is 2.68 bits per heavy atom. The number of aryl methyl sites for hydroxylation is 1. The largest absolute Gasteiger partial charge is 0.330 e. The van der Waals surface area contributed by atoms with E-state index in [1.165, 1.54) is 17.4 Å². The number of hydrogen-bond acceptors (Lipinski definition) is 3. The van der Waals surface area contributed by atoms with Gasteiger partial charge >= 0.3 is 0 Å². The number of halogens is 2. The van der Waals surface area contributed by atoms with Crippen LogP contribution in [-0.2, 0) is 6.54 Å². The highest BCUT2D eigenvalue weighted by atomic mass is 35.5. The Balaban J connectivity index is 0.00000121. The van der Waals surface area contributed by atoms with Crippen molar-refractivity contribution < 1.29 is 0 Å². The SMILES string of the molecule is Cc1cc(CN2CCC(C)(CN)C2)c2ccccc2n1.Cl.Cl. The fourth-order valence-electron chi connectivity index (χ4n) is 3.19. The Hall–Kier alpha value is -0.870. The fraction of sp³-hybridized carbons (Fsp3) is 0.471. The molecular formula is C17H25Cl2N3. The third kappa shape index (κ3) is 3.90. The number of para-hydroxylation sites is 1. The van der Waals surface area contributed by atoms with E-state index in [-0.39, 0.29) is 30.2 Å². The highest BCUT2D eigenvalue weighted by Crippen LogP contribution is 2.30. The van der Waals surface area contributed by atoms with Crippen molar-refractivity contribution in [1.82, 2.24) is 9.88 Å². The molecule has 1 atom stereocenters. The lowest BCUT2D eigenvalue weighted by Crippen LogP contribution is -2.31. The lowest BCUT2D eigenvalue weighted by atomic mass is 9.90. The predicted octanol–water partition coefficient (Wildman–Crippen LogP) is 3.56. The molecule has 3 rings (SSSR count). The molecule has 1 unspecified atom stereocenters. The summed E-state index contributed by atoms with van der Waals surface area (Å²) in [6.45, 7) is 8.38. The topological polar surface area (TPSA) is 42.1 Å². The van der Waals surface area contributed by atoms with Crippen LogP contribution >= 0.6 is 24.8 Å². The second-order valence-electron chi connectivity index (χ2n) is 6.42. The summed E-state index contributed by atoms with van der Waals surface area (Å²) < 4.78 is 0. The normalized spacial score (nSPS) is 21.4. The van der Waals surface area contributed by atoms with E-state index in [1.807, 2.05) is 0 Å². The predicted molar refractivity (Wildman–Crippen MR) is 98.0 cm³/mol. The average molecular weight is 342 g/mol. The van der Waals surface area contributed by atoms with Crippen LogP contribution in [-0.4, -0.2) is 29.5 Å². The minimum atomic E-state index is 0. The number of nitrogens with two attached hydrogens (primary N) is 1. The van der Waals surface area contributed by atoms with Crippen LogP contribution in [0.25, 0.3) is 10.9 Å². The zero-order valence-electron chi connectivity index (χ0n) is 13.2. The first-order valence-corrected chi connectivity index (χ1v) is 7.37. The van der Waals surface area contributed by atoms with Gasteiger partial charge < -0.3 is 5.73 Å². The number of aromatic nitrogens is 1. The summed E-state index contributed by atoms with van der Waals surface area (Å²) in [4.78, 5) is 7.14. The van der Waals surface area contributed by atoms with E-state index in [1.54, 1.807) is 0 Å². The third-order valence-electron chi connectivity index (χ3n) is 4.45. The van der Waals surface area contributed by atoms with Gasteiger partial charge in [-0.15, -0.1) is 24.8 Å². The summed E-state index contributed by atoms with van der Waals surface area (Å²) in [6.07, 6.45) is 1.20. The van der Waals surface area contributed by atoms with Crippen molar-refractivity contribution >= 4 is 35.7 Å². The number of pyridine rings is 1. The van der Waals surface area contributed by atoms with Crippen LogP contribution in [0.2, 0.25) is 0 Å². The Bertz CT molecular complexity index is 632. The van der Waals surface area contributed by atoms with Gasteiger partial charge in [-0.2, -0.15) is 0 Å². The average Bonchev–Trinajstić information content (AvgIpc) is 2.81. The number of nitrogens with zero attached hydrogens (tertiary/aromatic N) is 2. The summed E-state index contributed by atoms with van der Waals surface area (Å²) >= 11 is 0. The van der Waals surface area contributed by atoms with Gasteiger partial charge in [0.05, 0.1) is 5.52 Å². The van der Waals surface area contributed by atoms with Crippen LogP contribution in [0.1, 0.15) is 24.6 Å². The van der Waals surface area contributed by atoms with E-state index >= 15 is 0 Å². The van der Waals surface area contributed by atoms with Crippen molar-refractivity contribution in [3.8, 4) is 0 Å². The summed E-state index contributed by atoms with van der Waals surface area (Å²) in [7, 11) is 0. The Kier molecular flexibility index (Phi) is 6.63. The lowest BCUT2D eigenvalue weighted by Gasteiger charge is -2.23. The van der Waals surface area contributed by atoms with Gasteiger partial charge in [0.2, 0.25) is 0 Å². The van der Waals surface area contributed by atoms with Crippen LogP contribution in [0.15, 0.2) is 30.3 Å². The minimum Gasteiger partial charge on any atom is -0.330 e. The summed E-state index contributed by atoms with van der Waals surface area (Å²) in [5, 5.41) is 1.28. The van der Waals surface area contributed by atoms with Gasteiger partial charge in [-0.3, -0.25) is 9.88 Å². The molecule has 0 amide bonds. The van der Waals surface area contributed by atoms with Crippen LogP contribution in [0.4, 0.5) is 0 Å². The molecule has 0 aliphatic carbocycles. The first-order valence-electron chi connectivity index (χ1n) is 7.37. The molecule has 0 bridgehead atoms. The maximum atomic E-state index is 5.90. The van der Waals surface area contributed by atoms with Gasteiger partial charge in [0.1, 0.15) is 0 Å². The lowest BCUT2D eigenvalue weighted by molar-refractivity contribution is 0.275. The molecule has 2 heterocycles. The number of likely N-dealkylation sites (tertiary alicyclic amines) is 1. The summed E-state index contributed by atoms with van der Waals surface area (Å²) in [6, 6.07) is 10.6. The zero-order chi connectivity index (χ0) is 14.2. The van der Waals surface area contributed by atoms with Crippen molar-refractivity contribution in [2.24, 2.45) is 11.1 Å². The van der Waals surface area contributed by atoms with Crippen LogP contribution in [0.3, 0.4) is 0 Å². The molecule has 5 heteroatoms. The first-order chi connectivity index (χ1) is 9.59. The van der Waals surface area contributed by atoms with Gasteiger partial charge in [-0.1, -0.05) is 25.1 Å². The molecule has 1 aromatic heterocycles. The van der Waals surface area contributed by atoms with E-state index < -0.39 is 0 Å². The molecule has 0 radical (unpaired) electrons. The zero-order valence-corrected chi connectivity index (χ0v) is 14.8. The van der Waals surface area contributed by atoms with Gasteiger partial charge in [-0.05, 0) is 49.5 Å². The number of hydrogen-bond donors (Lipinski definition) is 1. The molecule has 1 fully saturated rings. The molecular weight excluding hydrogens is 317 g/mol. The van der Waals surface area contributed by atoms with E-state index in [0.717, 1.165) is 37.4 Å². The molecule has 0 spiro atoms. The van der Waals surface area contributed by atoms with Crippen LogP contribution in [0.5, 0.6) is 0 Å². The number of benzene rings is 1. The van der Waals surface area contributed by atoms with Crippen LogP contribution < -0.4 is 5.73 Å². The van der Waals surface area contributed by atoms with Gasteiger partial charge in [-0.25, -0.2) is 0 Å². The highest BCUT2D eigenvalue weighted by molar-refractivity contribution is 5.85. The molecule has 1 aromatic carbocycles. The maximum Gasteiger partial charge on any atom is 0.0708 e. The quantitative estimate of drug-likeness (QED) is 0.927. The maximum absolute atomic E-state index is 5.90. The van der Waals surface area contributed by atoms with Crippen molar-refractivity contribution in [2.45, 2.75) is 26.8 Å². The molecule has 1 saturated heterocycles. The number of fused-ring (bicyclic) bond motifs is 1. The van der Waals surface area contributed by atoms with E-state index in [9.17, 15) is 0 Å². The van der Waals surface area contributed by atoms with Gasteiger partial charge in [0.25, 0.3) is 0 Å². The molecule has 22 heavy (non-hydrogen) atoms. The number of rotatable bonds is 3. The van der Waals surface area contributed by atoms with Crippen molar-refractivity contribution in [3.63, 3.8) is 0 Å². The highest BCUT2D eigenvalue weighted by Gasteiger charge is 2.32. The van der Waals surface area contributed by atoms with Crippen molar-refractivity contribution in [3.05, 3.63) is 41.6 Å². The van der Waals surface area contributed by atoms with E-state index in [4.69, 9.17) is 5.73 Å². The van der Waals surface area contributed by atoms with Crippen LogP contribution in [0, 0.1) is 12.3 Å². The van der Waals surface area contributed by atoms with E-state index in [0.29, 0.717) is 0 Å². The Morgan fingerprint density at radius 2 is 2.00 bits per heavy atom. The van der Waals surface area contributed by atoms with Crippen molar-refractivity contribution in [2.75, 3.05) is 19.6 Å². The molecule has 1 aliphatic rings. The second-order valence-corrected chi connectivity index (χ2v) is 6.42. The fourth-order valence-corrected chi connectivity index (χ4v) is 3.19. The summed E-state index contributed by atoms with van der Waals surface area (Å²) in [5.74, 6) is 0. The molecule has 0 saturated carbocycles. The van der Waals surface area contributed by atoms with Crippen molar-refractivity contribution in [1.29, 1.82) is 0 Å². The Morgan fingerprint density at radius 1 is 1.27 bits per heavy atom. The van der Waals surface area contributed by atoms with E-state index in [2.05, 4.69) is 54.1 Å². The van der Waals surface area contributed by atoms with Gasteiger partial charge in [0.15, 0.2) is 0 Å². The second kappa shape index (κ2) is 7.60. The molecule has 3 nitrogen and oxygen atoms in total. The monoisotopic (exact) mass is 341 g/mol. The first kappa shape index (κ1) is 19.2. The molecule has 2 N–H and O–H groups in total. The van der Waals surface area contributed by atoms with Gasteiger partial charge in [0, 0.05) is 24.2 Å². The smallest absolute Gasteiger partial charge is 0.0708 e. The minimum absolute atomic E-state index is 0. The third-order valence-corrected chi connectivity index (χ3v) is 4.45. The molecule has 122 valence electrons.